The van der Waals surface area contributed by atoms with Crippen LogP contribution in [0.3, 0.4) is 0 Å². The number of piperazine rings is 1. The number of amides is 1. The van der Waals surface area contributed by atoms with E-state index in [1.165, 1.54) is 29.3 Å². The highest BCUT2D eigenvalue weighted by Gasteiger charge is 2.25. The number of benzene rings is 2. The molecule has 0 atom stereocenters. The number of ether oxygens (including phenoxy) is 1. The third-order valence-electron chi connectivity index (χ3n) is 5.21. The number of nitrogens with zero attached hydrogens (tertiary/aromatic N) is 3. The molecule has 0 unspecified atom stereocenters. The van der Waals surface area contributed by atoms with Crippen LogP contribution in [0.2, 0.25) is 5.02 Å². The third kappa shape index (κ3) is 3.81. The summed E-state index contributed by atoms with van der Waals surface area (Å²) >= 11 is 6.10. The molecule has 2 heterocycles. The van der Waals surface area contributed by atoms with Gasteiger partial charge >= 0.3 is 0 Å². The summed E-state index contributed by atoms with van der Waals surface area (Å²) in [6.07, 6.45) is 0.960. The smallest absolute Gasteiger partial charge is 0.270 e. The van der Waals surface area contributed by atoms with Crippen molar-refractivity contribution in [3.8, 4) is 5.75 Å². The molecule has 0 N–H and O–H groups in total. The summed E-state index contributed by atoms with van der Waals surface area (Å²) in [6, 6.07) is 10.3. The van der Waals surface area contributed by atoms with Gasteiger partial charge in [-0.1, -0.05) is 23.7 Å². The molecule has 0 saturated carbocycles. The van der Waals surface area contributed by atoms with Crippen LogP contribution in [-0.2, 0) is 13.0 Å². The van der Waals surface area contributed by atoms with Crippen molar-refractivity contribution in [1.82, 2.24) is 9.80 Å². The van der Waals surface area contributed by atoms with Crippen molar-refractivity contribution in [2.24, 2.45) is 0 Å². The standard InChI is InChI=1S/C20H20ClN3O4/c21-18-12-16(24(26)27)2-3-17(18)20(25)23-8-6-22(7-9-23)13-14-1-4-19-15(11-14)5-10-28-19/h1-4,11-12H,5-10,13H2. The van der Waals surface area contributed by atoms with E-state index in [1.807, 2.05) is 6.07 Å². The fraction of sp³-hybridized carbons (Fsp3) is 0.350. The molecule has 2 aromatic carbocycles. The summed E-state index contributed by atoms with van der Waals surface area (Å²) in [5.74, 6) is 0.799. The molecule has 8 heteroatoms. The van der Waals surface area contributed by atoms with Gasteiger partial charge in [-0.2, -0.15) is 0 Å². The molecule has 0 spiro atoms. The Hall–Kier alpha value is -2.64. The molecule has 0 aliphatic carbocycles. The van der Waals surface area contributed by atoms with Crippen molar-refractivity contribution >= 4 is 23.2 Å². The van der Waals surface area contributed by atoms with Gasteiger partial charge in [0.1, 0.15) is 5.75 Å². The first-order valence-corrected chi connectivity index (χ1v) is 9.59. The van der Waals surface area contributed by atoms with Gasteiger partial charge in [0.25, 0.3) is 11.6 Å². The highest BCUT2D eigenvalue weighted by Crippen LogP contribution is 2.27. The Balaban J connectivity index is 1.36. The van der Waals surface area contributed by atoms with Crippen molar-refractivity contribution in [2.45, 2.75) is 13.0 Å². The van der Waals surface area contributed by atoms with Crippen LogP contribution in [0.25, 0.3) is 0 Å². The molecule has 4 rings (SSSR count). The minimum atomic E-state index is -0.524. The molecule has 1 saturated heterocycles. The quantitative estimate of drug-likeness (QED) is 0.581. The van der Waals surface area contributed by atoms with Gasteiger partial charge < -0.3 is 9.64 Å². The van der Waals surface area contributed by atoms with E-state index >= 15 is 0 Å². The number of nitro benzene ring substituents is 1. The van der Waals surface area contributed by atoms with Gasteiger partial charge in [-0.05, 0) is 23.3 Å². The van der Waals surface area contributed by atoms with E-state index in [0.29, 0.717) is 18.7 Å². The number of nitro groups is 1. The molecule has 2 aromatic rings. The molecule has 0 bridgehead atoms. The van der Waals surface area contributed by atoms with Crippen LogP contribution in [0.1, 0.15) is 21.5 Å². The third-order valence-corrected chi connectivity index (χ3v) is 5.53. The lowest BCUT2D eigenvalue weighted by molar-refractivity contribution is -0.384. The molecule has 2 aliphatic rings. The Bertz CT molecular complexity index is 926. The molecule has 146 valence electrons. The molecule has 7 nitrogen and oxygen atoms in total. The second kappa shape index (κ2) is 7.77. The predicted molar refractivity (Wildman–Crippen MR) is 105 cm³/mol. The monoisotopic (exact) mass is 401 g/mol. The highest BCUT2D eigenvalue weighted by atomic mass is 35.5. The Labute approximate surface area is 167 Å². The van der Waals surface area contributed by atoms with Gasteiger partial charge in [0.15, 0.2) is 0 Å². The lowest BCUT2D eigenvalue weighted by atomic mass is 10.1. The van der Waals surface area contributed by atoms with Crippen molar-refractivity contribution in [1.29, 1.82) is 0 Å². The van der Waals surface area contributed by atoms with Crippen LogP contribution in [0.5, 0.6) is 5.75 Å². The summed E-state index contributed by atoms with van der Waals surface area (Å²) in [4.78, 5) is 27.1. The van der Waals surface area contributed by atoms with Gasteiger partial charge in [-0.15, -0.1) is 0 Å². The number of non-ortho nitro benzene ring substituents is 1. The number of fused-ring (bicyclic) bond motifs is 1. The first-order valence-electron chi connectivity index (χ1n) is 9.21. The maximum absolute atomic E-state index is 12.7. The molecular formula is C20H20ClN3O4. The minimum Gasteiger partial charge on any atom is -0.493 e. The highest BCUT2D eigenvalue weighted by molar-refractivity contribution is 6.34. The summed E-state index contributed by atoms with van der Waals surface area (Å²) in [5.41, 5.74) is 2.70. The minimum absolute atomic E-state index is 0.113. The zero-order valence-corrected chi connectivity index (χ0v) is 16.0. The zero-order valence-electron chi connectivity index (χ0n) is 15.3. The van der Waals surface area contributed by atoms with Crippen LogP contribution >= 0.6 is 11.6 Å². The van der Waals surface area contributed by atoms with Crippen LogP contribution in [-0.4, -0.2) is 53.4 Å². The number of halogens is 1. The second-order valence-electron chi connectivity index (χ2n) is 7.03. The Morgan fingerprint density at radius 2 is 1.93 bits per heavy atom. The molecule has 1 amide bonds. The van der Waals surface area contributed by atoms with Crippen molar-refractivity contribution in [3.63, 3.8) is 0 Å². The number of carbonyl (C=O) groups excluding carboxylic acids is 1. The van der Waals surface area contributed by atoms with Gasteiger partial charge in [0.2, 0.25) is 0 Å². The summed E-state index contributed by atoms with van der Waals surface area (Å²) in [5, 5.41) is 10.9. The molecule has 28 heavy (non-hydrogen) atoms. The SMILES string of the molecule is O=C(c1ccc([N+](=O)[O-])cc1Cl)N1CCN(Cc2ccc3c(c2)CCO3)CC1. The first kappa shape index (κ1) is 18.7. The Kier molecular flexibility index (Phi) is 5.19. The van der Waals surface area contributed by atoms with E-state index in [9.17, 15) is 14.9 Å². The number of rotatable bonds is 4. The molecule has 0 aromatic heterocycles. The number of carbonyl (C=O) groups is 1. The van der Waals surface area contributed by atoms with Crippen molar-refractivity contribution < 1.29 is 14.5 Å². The molecule has 2 aliphatic heterocycles. The molecule has 1 fully saturated rings. The van der Waals surface area contributed by atoms with E-state index in [-0.39, 0.29) is 16.6 Å². The Morgan fingerprint density at radius 3 is 2.64 bits per heavy atom. The number of hydrogen-bond acceptors (Lipinski definition) is 5. The summed E-state index contributed by atoms with van der Waals surface area (Å²) < 4.78 is 5.55. The maximum atomic E-state index is 12.7. The maximum Gasteiger partial charge on any atom is 0.270 e. The van der Waals surface area contributed by atoms with E-state index in [2.05, 4.69) is 17.0 Å². The topological polar surface area (TPSA) is 75.9 Å². The summed E-state index contributed by atoms with van der Waals surface area (Å²) in [7, 11) is 0. The number of hydrogen-bond donors (Lipinski definition) is 0. The van der Waals surface area contributed by atoms with Gasteiger partial charge in [-0.25, -0.2) is 0 Å². The predicted octanol–water partition coefficient (Wildman–Crippen LogP) is 3.14. The fourth-order valence-electron chi connectivity index (χ4n) is 3.67. The lowest BCUT2D eigenvalue weighted by Crippen LogP contribution is -2.48. The average molecular weight is 402 g/mol. The van der Waals surface area contributed by atoms with Crippen LogP contribution in [0.15, 0.2) is 36.4 Å². The van der Waals surface area contributed by atoms with E-state index in [4.69, 9.17) is 16.3 Å². The van der Waals surface area contributed by atoms with Crippen molar-refractivity contribution in [3.05, 3.63) is 68.2 Å². The van der Waals surface area contributed by atoms with E-state index < -0.39 is 4.92 Å². The van der Waals surface area contributed by atoms with E-state index in [0.717, 1.165) is 38.4 Å². The second-order valence-corrected chi connectivity index (χ2v) is 7.44. The van der Waals surface area contributed by atoms with Crippen LogP contribution in [0.4, 0.5) is 5.69 Å². The first-order chi connectivity index (χ1) is 13.5. The van der Waals surface area contributed by atoms with E-state index in [1.54, 1.807) is 4.90 Å². The van der Waals surface area contributed by atoms with Gasteiger partial charge in [0.05, 0.1) is 22.1 Å². The fourth-order valence-corrected chi connectivity index (χ4v) is 3.92. The summed E-state index contributed by atoms with van der Waals surface area (Å²) in [6.45, 7) is 4.33. The largest absolute Gasteiger partial charge is 0.493 e. The molecule has 0 radical (unpaired) electrons. The van der Waals surface area contributed by atoms with Crippen LogP contribution in [0, 0.1) is 10.1 Å². The zero-order chi connectivity index (χ0) is 19.7. The van der Waals surface area contributed by atoms with Crippen molar-refractivity contribution in [2.75, 3.05) is 32.8 Å². The van der Waals surface area contributed by atoms with Gasteiger partial charge in [-0.3, -0.25) is 19.8 Å². The molecular weight excluding hydrogens is 382 g/mol. The Morgan fingerprint density at radius 1 is 1.14 bits per heavy atom. The average Bonchev–Trinajstić information content (AvgIpc) is 3.16. The van der Waals surface area contributed by atoms with Gasteiger partial charge in [0, 0.05) is 51.3 Å². The lowest BCUT2D eigenvalue weighted by Gasteiger charge is -2.35. The normalized spacial score (nSPS) is 16.5. The van der Waals surface area contributed by atoms with Crippen LogP contribution < -0.4 is 4.74 Å².